The maximum Gasteiger partial charge on any atom is 0.247 e. The van der Waals surface area contributed by atoms with Crippen molar-refractivity contribution in [3.8, 4) is 11.1 Å². The number of nitrogens with one attached hydrogen (secondary N) is 1. The minimum atomic E-state index is -0.703. The molecule has 7 nitrogen and oxygen atoms in total. The smallest absolute Gasteiger partial charge is 0.247 e. The van der Waals surface area contributed by atoms with Gasteiger partial charge in [0, 0.05) is 63.5 Å². The number of aryl methyl sites for hydroxylation is 2. The van der Waals surface area contributed by atoms with Crippen LogP contribution in [0.25, 0.3) is 17.2 Å². The van der Waals surface area contributed by atoms with Crippen molar-refractivity contribution in [3.05, 3.63) is 119 Å². The molecule has 0 fully saturated rings. The first kappa shape index (κ1) is 29.5. The minimum Gasteiger partial charge on any atom is -0.383 e. The van der Waals surface area contributed by atoms with Crippen LogP contribution >= 0.6 is 0 Å². The van der Waals surface area contributed by atoms with Gasteiger partial charge in [-0.15, -0.1) is 0 Å². The Labute approximate surface area is 242 Å². The van der Waals surface area contributed by atoms with E-state index >= 15 is 0 Å². The van der Waals surface area contributed by atoms with Gasteiger partial charge in [-0.3, -0.25) is 14.6 Å². The molecule has 2 amide bonds. The van der Waals surface area contributed by atoms with E-state index in [1.165, 1.54) is 0 Å². The molecule has 0 aliphatic carbocycles. The lowest BCUT2D eigenvalue weighted by Gasteiger charge is -2.33. The summed E-state index contributed by atoms with van der Waals surface area (Å²) in [5.41, 5.74) is 7.00. The largest absolute Gasteiger partial charge is 0.383 e. The first-order chi connectivity index (χ1) is 19.9. The molecule has 4 aromatic rings. The number of hydrogen-bond donors (Lipinski definition) is 1. The molecule has 7 heteroatoms. The van der Waals surface area contributed by atoms with E-state index in [9.17, 15) is 9.59 Å². The number of hydrogen-bond acceptors (Lipinski definition) is 4. The zero-order valence-electron chi connectivity index (χ0n) is 24.2. The molecule has 0 aliphatic rings. The topological polar surface area (TPSA) is 78.5 Å². The molecule has 0 spiro atoms. The highest BCUT2D eigenvalue weighted by molar-refractivity contribution is 5.96. The third kappa shape index (κ3) is 8.02. The summed E-state index contributed by atoms with van der Waals surface area (Å²) >= 11 is 0. The van der Waals surface area contributed by atoms with Gasteiger partial charge < -0.3 is 19.5 Å². The van der Waals surface area contributed by atoms with Crippen molar-refractivity contribution < 1.29 is 14.3 Å². The zero-order chi connectivity index (χ0) is 29.2. The summed E-state index contributed by atoms with van der Waals surface area (Å²) in [7, 11) is 3.37. The lowest BCUT2D eigenvalue weighted by Crippen LogP contribution is -2.51. The van der Waals surface area contributed by atoms with Crippen molar-refractivity contribution in [1.29, 1.82) is 0 Å². The zero-order valence-corrected chi connectivity index (χ0v) is 24.2. The molecule has 2 aromatic heterocycles. The summed E-state index contributed by atoms with van der Waals surface area (Å²) in [6.45, 7) is 5.09. The fraction of sp³-hybridized carbons (Fsp3) is 0.265. The summed E-state index contributed by atoms with van der Waals surface area (Å²) in [5, 5.41) is 0. The molecule has 212 valence electrons. The Balaban J connectivity index is 1.69. The van der Waals surface area contributed by atoms with Crippen molar-refractivity contribution >= 4 is 17.9 Å². The number of likely N-dealkylation sites (N-methyl/N-ethyl adjacent to an activating group) is 1. The summed E-state index contributed by atoms with van der Waals surface area (Å²) in [6, 6.07) is 23.2. The van der Waals surface area contributed by atoms with Crippen LogP contribution in [0.2, 0.25) is 0 Å². The fourth-order valence-electron chi connectivity index (χ4n) is 4.82. The second-order valence-corrected chi connectivity index (χ2v) is 10.2. The third-order valence-electron chi connectivity index (χ3n) is 7.14. The molecule has 4 rings (SSSR count). The van der Waals surface area contributed by atoms with Crippen molar-refractivity contribution in [1.82, 2.24) is 19.8 Å². The Kier molecular flexibility index (Phi) is 10.2. The summed E-state index contributed by atoms with van der Waals surface area (Å²) in [5.74, 6) is -0.356. The van der Waals surface area contributed by atoms with Crippen LogP contribution in [-0.2, 0) is 27.3 Å². The number of pyridine rings is 1. The van der Waals surface area contributed by atoms with Gasteiger partial charge in [0.25, 0.3) is 0 Å². The van der Waals surface area contributed by atoms with Gasteiger partial charge in [0.1, 0.15) is 6.04 Å². The van der Waals surface area contributed by atoms with Crippen LogP contribution < -0.4 is 0 Å². The van der Waals surface area contributed by atoms with Crippen molar-refractivity contribution in [2.24, 2.45) is 0 Å². The van der Waals surface area contributed by atoms with Crippen LogP contribution in [-0.4, -0.2) is 64.9 Å². The van der Waals surface area contributed by atoms with Crippen molar-refractivity contribution in [2.45, 2.75) is 32.9 Å². The van der Waals surface area contributed by atoms with Gasteiger partial charge in [-0.1, -0.05) is 54.6 Å². The molecule has 0 unspecified atom stereocenters. The highest BCUT2D eigenvalue weighted by Crippen LogP contribution is 2.22. The van der Waals surface area contributed by atoms with Crippen molar-refractivity contribution in [2.75, 3.05) is 27.3 Å². The molecule has 41 heavy (non-hydrogen) atoms. The standard InChI is InChI=1S/C34H38N4O3/c1-25-22-31(26(2)36-25)14-15-33(39)38(24-28-10-12-29(13-11-28)30-16-18-35-19-17-30)32(23-27-8-6-5-7-9-27)34(40)37(3)20-21-41-4/h5-19,22,32,36H,20-21,23-24H2,1-4H3/t32-/m0/s1. The van der Waals surface area contributed by atoms with Gasteiger partial charge in [0.05, 0.1) is 6.61 Å². The number of carbonyl (C=O) groups is 2. The normalized spacial score (nSPS) is 11.9. The average Bonchev–Trinajstić information content (AvgIpc) is 3.33. The van der Waals surface area contributed by atoms with E-state index in [-0.39, 0.29) is 18.4 Å². The monoisotopic (exact) mass is 550 g/mol. The van der Waals surface area contributed by atoms with E-state index in [0.717, 1.165) is 39.2 Å². The van der Waals surface area contributed by atoms with Gasteiger partial charge in [0.2, 0.25) is 11.8 Å². The van der Waals surface area contributed by atoms with Crippen LogP contribution in [0.4, 0.5) is 0 Å². The highest BCUT2D eigenvalue weighted by atomic mass is 16.5. The van der Waals surface area contributed by atoms with Crippen LogP contribution in [0.15, 0.2) is 91.3 Å². The lowest BCUT2D eigenvalue weighted by molar-refractivity contribution is -0.143. The number of aromatic nitrogens is 2. The molecular weight excluding hydrogens is 512 g/mol. The Hall–Kier alpha value is -4.49. The molecule has 0 radical (unpaired) electrons. The quantitative estimate of drug-likeness (QED) is 0.238. The van der Waals surface area contributed by atoms with E-state index in [2.05, 4.69) is 9.97 Å². The van der Waals surface area contributed by atoms with Crippen molar-refractivity contribution in [3.63, 3.8) is 0 Å². The molecule has 0 saturated carbocycles. The van der Waals surface area contributed by atoms with E-state index in [1.54, 1.807) is 42.4 Å². The summed E-state index contributed by atoms with van der Waals surface area (Å²) < 4.78 is 5.22. The number of H-pyrrole nitrogens is 1. The molecule has 2 heterocycles. The van der Waals surface area contributed by atoms with Crippen LogP contribution in [0.5, 0.6) is 0 Å². The Bertz CT molecular complexity index is 1450. The second-order valence-electron chi connectivity index (χ2n) is 10.2. The maximum atomic E-state index is 13.9. The first-order valence-electron chi connectivity index (χ1n) is 13.8. The highest BCUT2D eigenvalue weighted by Gasteiger charge is 2.31. The number of aromatic amines is 1. The molecule has 1 N–H and O–H groups in total. The van der Waals surface area contributed by atoms with Gasteiger partial charge in [-0.25, -0.2) is 0 Å². The summed E-state index contributed by atoms with van der Waals surface area (Å²) in [6.07, 6.45) is 7.32. The van der Waals surface area contributed by atoms with Crippen LogP contribution in [0, 0.1) is 13.8 Å². The number of ether oxygens (including phenoxy) is 1. The predicted molar refractivity (Wildman–Crippen MR) is 163 cm³/mol. The van der Waals surface area contributed by atoms with Gasteiger partial charge >= 0.3 is 0 Å². The Morgan fingerprint density at radius 2 is 1.63 bits per heavy atom. The number of nitrogens with zero attached hydrogens (tertiary/aromatic N) is 3. The molecule has 0 aliphatic heterocycles. The SMILES string of the molecule is COCCN(C)C(=O)[C@H](Cc1ccccc1)N(Cc1ccc(-c2ccncc2)cc1)C(=O)C=Cc1cc(C)[nH]c1C. The molecule has 0 saturated heterocycles. The van der Waals surface area contributed by atoms with Gasteiger partial charge in [-0.05, 0) is 65.9 Å². The van der Waals surface area contributed by atoms with E-state index in [0.29, 0.717) is 19.6 Å². The minimum absolute atomic E-state index is 0.130. The number of carbonyl (C=O) groups excluding carboxylic acids is 2. The molecule has 2 aromatic carbocycles. The summed E-state index contributed by atoms with van der Waals surface area (Å²) in [4.78, 5) is 38.5. The van der Waals surface area contributed by atoms with E-state index in [4.69, 9.17) is 4.74 Å². The van der Waals surface area contributed by atoms with E-state index < -0.39 is 6.04 Å². The maximum absolute atomic E-state index is 13.9. The average molecular weight is 551 g/mol. The predicted octanol–water partition coefficient (Wildman–Crippen LogP) is 5.45. The second kappa shape index (κ2) is 14.2. The van der Waals surface area contributed by atoms with Crippen LogP contribution in [0.3, 0.4) is 0 Å². The fourth-order valence-corrected chi connectivity index (χ4v) is 4.82. The third-order valence-corrected chi connectivity index (χ3v) is 7.14. The van der Waals surface area contributed by atoms with E-state index in [1.807, 2.05) is 92.7 Å². The lowest BCUT2D eigenvalue weighted by atomic mass is 10.0. The Morgan fingerprint density at radius 3 is 2.27 bits per heavy atom. The van der Waals surface area contributed by atoms with Gasteiger partial charge in [-0.2, -0.15) is 0 Å². The molecule has 1 atom stereocenters. The Morgan fingerprint density at radius 1 is 0.951 bits per heavy atom. The van der Waals surface area contributed by atoms with Gasteiger partial charge in [0.15, 0.2) is 0 Å². The molecular formula is C34H38N4O3. The van der Waals surface area contributed by atoms with Crippen LogP contribution in [0.1, 0.15) is 28.1 Å². The number of methoxy groups -OCH3 is 1. The molecule has 0 bridgehead atoms. The number of amides is 2. The number of benzene rings is 2. The first-order valence-corrected chi connectivity index (χ1v) is 13.8. The number of rotatable bonds is 12.